The molecule has 0 atom stereocenters. The van der Waals surface area contributed by atoms with Crippen LogP contribution < -0.4 is 10.6 Å². The highest BCUT2D eigenvalue weighted by Gasteiger charge is 2.10. The highest BCUT2D eigenvalue weighted by Crippen LogP contribution is 1.73. The number of rotatable bonds is 4. The summed E-state index contributed by atoms with van der Waals surface area (Å²) in [7, 11) is 0. The van der Waals surface area contributed by atoms with Crippen molar-refractivity contribution in [2.24, 2.45) is 0 Å². The number of carbonyl (C=O) groups excluding carboxylic acids is 2. The summed E-state index contributed by atoms with van der Waals surface area (Å²) in [5, 5.41) is 4.78. The van der Waals surface area contributed by atoms with Gasteiger partial charge in [-0.1, -0.05) is 0 Å². The summed E-state index contributed by atoms with van der Waals surface area (Å²) in [6.45, 7) is 0.798. The van der Waals surface area contributed by atoms with Gasteiger partial charge in [-0.25, -0.2) is 0 Å². The number of hydrogen-bond acceptors (Lipinski definition) is 4. The van der Waals surface area contributed by atoms with Crippen LogP contribution in [0, 0.1) is 0 Å². The standard InChI is InChI=1S/C6H12N2O2S2/c9-5(7-1-3-11)6(10)8-2-4-12/h11-12H,1-4H2,(H,7,9)(H,8,10). The van der Waals surface area contributed by atoms with Crippen molar-refractivity contribution >= 4 is 37.1 Å². The van der Waals surface area contributed by atoms with Crippen molar-refractivity contribution in [2.45, 2.75) is 0 Å². The SMILES string of the molecule is O=C(NCCS)C(=O)NCCS. The largest absolute Gasteiger partial charge is 0.347 e. The first kappa shape index (κ1) is 11.6. The second-order valence-electron chi connectivity index (χ2n) is 1.96. The molecule has 0 aliphatic carbocycles. The van der Waals surface area contributed by atoms with E-state index in [2.05, 4.69) is 35.9 Å². The van der Waals surface area contributed by atoms with E-state index in [4.69, 9.17) is 0 Å². The molecule has 0 aromatic carbocycles. The van der Waals surface area contributed by atoms with Crippen LogP contribution in [-0.4, -0.2) is 36.4 Å². The fourth-order valence-corrected chi connectivity index (χ4v) is 0.723. The van der Waals surface area contributed by atoms with Crippen molar-refractivity contribution < 1.29 is 9.59 Å². The first-order valence-electron chi connectivity index (χ1n) is 3.50. The van der Waals surface area contributed by atoms with E-state index in [9.17, 15) is 9.59 Å². The van der Waals surface area contributed by atoms with Crippen molar-refractivity contribution in [1.29, 1.82) is 0 Å². The molecule has 0 bridgehead atoms. The zero-order chi connectivity index (χ0) is 9.40. The second-order valence-corrected chi connectivity index (χ2v) is 2.85. The molecule has 4 nitrogen and oxygen atoms in total. The number of thiol groups is 2. The fraction of sp³-hybridized carbons (Fsp3) is 0.667. The van der Waals surface area contributed by atoms with E-state index in [0.29, 0.717) is 24.6 Å². The number of amides is 2. The third-order valence-corrected chi connectivity index (χ3v) is 1.45. The van der Waals surface area contributed by atoms with Gasteiger partial charge in [-0.15, -0.1) is 0 Å². The summed E-state index contributed by atoms with van der Waals surface area (Å²) >= 11 is 7.75. The molecule has 0 saturated carbocycles. The lowest BCUT2D eigenvalue weighted by molar-refractivity contribution is -0.139. The maximum absolute atomic E-state index is 10.8. The van der Waals surface area contributed by atoms with E-state index in [1.54, 1.807) is 0 Å². The van der Waals surface area contributed by atoms with Crippen LogP contribution in [0.3, 0.4) is 0 Å². The Morgan fingerprint density at radius 3 is 1.50 bits per heavy atom. The Morgan fingerprint density at radius 2 is 1.25 bits per heavy atom. The average Bonchev–Trinajstić information content (AvgIpc) is 2.10. The molecule has 0 aromatic rings. The minimum atomic E-state index is -0.620. The summed E-state index contributed by atoms with van der Waals surface area (Å²) in [6, 6.07) is 0. The molecule has 0 spiro atoms. The molecular formula is C6H12N2O2S2. The van der Waals surface area contributed by atoms with Crippen molar-refractivity contribution in [1.82, 2.24) is 10.6 Å². The topological polar surface area (TPSA) is 58.2 Å². The van der Waals surface area contributed by atoms with E-state index >= 15 is 0 Å². The highest BCUT2D eigenvalue weighted by atomic mass is 32.1. The Hall–Kier alpha value is -0.360. The molecule has 12 heavy (non-hydrogen) atoms. The van der Waals surface area contributed by atoms with Crippen LogP contribution in [0.5, 0.6) is 0 Å². The first-order chi connectivity index (χ1) is 5.72. The van der Waals surface area contributed by atoms with Gasteiger partial charge in [0.1, 0.15) is 0 Å². The molecule has 2 amide bonds. The zero-order valence-electron chi connectivity index (χ0n) is 6.54. The lowest BCUT2D eigenvalue weighted by Crippen LogP contribution is -2.41. The van der Waals surface area contributed by atoms with E-state index < -0.39 is 11.8 Å². The molecule has 0 radical (unpaired) electrons. The van der Waals surface area contributed by atoms with Gasteiger partial charge in [0.25, 0.3) is 0 Å². The monoisotopic (exact) mass is 208 g/mol. The lowest BCUT2D eigenvalue weighted by atomic mass is 10.5. The molecule has 0 aliphatic heterocycles. The van der Waals surface area contributed by atoms with Gasteiger partial charge in [0.05, 0.1) is 0 Å². The average molecular weight is 208 g/mol. The molecule has 70 valence electrons. The summed E-state index contributed by atoms with van der Waals surface area (Å²) in [5.74, 6) is -0.200. The predicted octanol–water partition coefficient (Wildman–Crippen LogP) is -0.922. The molecule has 0 fully saturated rings. The van der Waals surface area contributed by atoms with Gasteiger partial charge in [0.2, 0.25) is 0 Å². The Morgan fingerprint density at radius 1 is 0.917 bits per heavy atom. The van der Waals surface area contributed by atoms with Crippen molar-refractivity contribution in [3.8, 4) is 0 Å². The van der Waals surface area contributed by atoms with Gasteiger partial charge < -0.3 is 10.6 Å². The third kappa shape index (κ3) is 5.31. The molecule has 6 heteroatoms. The Labute approximate surface area is 82.3 Å². The van der Waals surface area contributed by atoms with Crippen LogP contribution in [0.2, 0.25) is 0 Å². The number of hydrogen-bond donors (Lipinski definition) is 4. The first-order valence-corrected chi connectivity index (χ1v) is 4.76. The number of carbonyl (C=O) groups is 2. The van der Waals surface area contributed by atoms with Gasteiger partial charge in [-0.05, 0) is 0 Å². The molecule has 0 aromatic heterocycles. The van der Waals surface area contributed by atoms with Crippen LogP contribution in [0.4, 0.5) is 0 Å². The summed E-state index contributed by atoms with van der Waals surface area (Å²) in [6.07, 6.45) is 0. The van der Waals surface area contributed by atoms with Gasteiger partial charge in [0, 0.05) is 24.6 Å². The highest BCUT2D eigenvalue weighted by molar-refractivity contribution is 7.80. The Kier molecular flexibility index (Phi) is 7.08. The minimum absolute atomic E-state index is 0.399. The van der Waals surface area contributed by atoms with E-state index in [-0.39, 0.29) is 0 Å². The molecule has 0 saturated heterocycles. The molecule has 0 rings (SSSR count). The molecule has 0 unspecified atom stereocenters. The maximum atomic E-state index is 10.8. The quantitative estimate of drug-likeness (QED) is 0.357. The minimum Gasteiger partial charge on any atom is -0.347 e. The normalized spacial score (nSPS) is 9.17. The smallest absolute Gasteiger partial charge is 0.309 e. The third-order valence-electron chi connectivity index (χ3n) is 1.00. The molecular weight excluding hydrogens is 196 g/mol. The lowest BCUT2D eigenvalue weighted by Gasteiger charge is -2.02. The fourth-order valence-electron chi connectivity index (χ4n) is 0.499. The maximum Gasteiger partial charge on any atom is 0.309 e. The van der Waals surface area contributed by atoms with Crippen molar-refractivity contribution in [2.75, 3.05) is 24.6 Å². The summed E-state index contributed by atoms with van der Waals surface area (Å²) in [4.78, 5) is 21.7. The van der Waals surface area contributed by atoms with Crippen LogP contribution in [-0.2, 0) is 9.59 Å². The summed E-state index contributed by atoms with van der Waals surface area (Å²) in [5.41, 5.74) is 0. The van der Waals surface area contributed by atoms with Crippen LogP contribution >= 0.6 is 25.3 Å². The van der Waals surface area contributed by atoms with Gasteiger partial charge in [-0.2, -0.15) is 25.3 Å². The summed E-state index contributed by atoms with van der Waals surface area (Å²) < 4.78 is 0. The van der Waals surface area contributed by atoms with Crippen LogP contribution in [0.1, 0.15) is 0 Å². The van der Waals surface area contributed by atoms with Crippen LogP contribution in [0.25, 0.3) is 0 Å². The van der Waals surface area contributed by atoms with E-state index in [0.717, 1.165) is 0 Å². The van der Waals surface area contributed by atoms with Crippen molar-refractivity contribution in [3.05, 3.63) is 0 Å². The van der Waals surface area contributed by atoms with Gasteiger partial charge in [0.15, 0.2) is 0 Å². The van der Waals surface area contributed by atoms with Gasteiger partial charge in [-0.3, -0.25) is 9.59 Å². The Bertz CT molecular complexity index is 146. The predicted molar refractivity (Wildman–Crippen MR) is 53.7 cm³/mol. The number of nitrogens with one attached hydrogen (secondary N) is 2. The molecule has 0 aliphatic rings. The van der Waals surface area contributed by atoms with E-state index in [1.165, 1.54) is 0 Å². The van der Waals surface area contributed by atoms with Gasteiger partial charge >= 0.3 is 11.8 Å². The van der Waals surface area contributed by atoms with Crippen molar-refractivity contribution in [3.63, 3.8) is 0 Å². The van der Waals surface area contributed by atoms with Crippen LogP contribution in [0.15, 0.2) is 0 Å². The Balaban J connectivity index is 3.55. The molecule has 2 N–H and O–H groups in total. The zero-order valence-corrected chi connectivity index (χ0v) is 8.33. The second kappa shape index (κ2) is 7.30. The molecule has 0 heterocycles. The van der Waals surface area contributed by atoms with E-state index in [1.807, 2.05) is 0 Å².